The predicted molar refractivity (Wildman–Crippen MR) is 60.6 cm³/mol. The van der Waals surface area contributed by atoms with Crippen LogP contribution in [0, 0.1) is 0 Å². The first-order valence-electron chi connectivity index (χ1n) is 6.39. The molecule has 2 nitrogen and oxygen atoms in total. The summed E-state index contributed by atoms with van der Waals surface area (Å²) in [5.41, 5.74) is 6.05. The summed E-state index contributed by atoms with van der Waals surface area (Å²) >= 11 is 0. The van der Waals surface area contributed by atoms with Crippen LogP contribution >= 0.6 is 0 Å². The number of hydrogen-bond donors (Lipinski definition) is 1. The monoisotopic (exact) mass is 232 g/mol. The van der Waals surface area contributed by atoms with Crippen molar-refractivity contribution in [3.8, 4) is 0 Å². The second-order valence-corrected chi connectivity index (χ2v) is 5.34. The topological polar surface area (TPSA) is 29.3 Å². The van der Waals surface area contributed by atoms with Crippen LogP contribution in [0.2, 0.25) is 0 Å². The molecule has 0 amide bonds. The fraction of sp³-hybridized carbons (Fsp3) is 1.00. The van der Waals surface area contributed by atoms with E-state index in [0.717, 1.165) is 25.9 Å². The molecule has 1 aliphatic carbocycles. The number of likely N-dealkylation sites (tertiary alicyclic amines) is 1. The quantitative estimate of drug-likeness (QED) is 0.792. The minimum Gasteiger partial charge on any atom is -0.326 e. The summed E-state index contributed by atoms with van der Waals surface area (Å²) in [5, 5.41) is 0. The number of rotatable bonds is 2. The molecule has 16 heavy (non-hydrogen) atoms. The molecule has 2 rings (SSSR count). The van der Waals surface area contributed by atoms with Gasteiger partial charge in [-0.2, -0.15) is 0 Å². The first-order valence-corrected chi connectivity index (χ1v) is 6.39. The van der Waals surface area contributed by atoms with Gasteiger partial charge in [-0.05, 0) is 32.2 Å². The molecule has 1 aliphatic heterocycles. The molecular formula is C12H22F2N2. The molecule has 0 bridgehead atoms. The van der Waals surface area contributed by atoms with Crippen molar-refractivity contribution >= 4 is 0 Å². The van der Waals surface area contributed by atoms with Crippen molar-refractivity contribution in [3.63, 3.8) is 0 Å². The highest BCUT2D eigenvalue weighted by Crippen LogP contribution is 2.46. The molecule has 1 atom stereocenters. The third-order valence-electron chi connectivity index (χ3n) is 4.37. The molecule has 0 aromatic heterocycles. The smallest absolute Gasteiger partial charge is 0.248 e. The second kappa shape index (κ2) is 4.22. The van der Waals surface area contributed by atoms with Crippen molar-refractivity contribution in [2.24, 2.45) is 5.73 Å². The molecule has 4 heteroatoms. The van der Waals surface area contributed by atoms with Crippen LogP contribution in [0.4, 0.5) is 8.78 Å². The lowest BCUT2D eigenvalue weighted by atomic mass is 9.75. The molecule has 1 heterocycles. The molecule has 2 aliphatic rings. The molecule has 0 aromatic rings. The van der Waals surface area contributed by atoms with Gasteiger partial charge in [0.05, 0.1) is 0 Å². The van der Waals surface area contributed by atoms with Gasteiger partial charge in [0.2, 0.25) is 5.92 Å². The van der Waals surface area contributed by atoms with Gasteiger partial charge in [0.15, 0.2) is 0 Å². The lowest BCUT2D eigenvalue weighted by Gasteiger charge is -2.46. The third-order valence-corrected chi connectivity index (χ3v) is 4.37. The molecule has 1 unspecified atom stereocenters. The van der Waals surface area contributed by atoms with Crippen LogP contribution in [-0.4, -0.2) is 35.5 Å². The zero-order valence-electron chi connectivity index (χ0n) is 10.0. The minimum absolute atomic E-state index is 0.0148. The van der Waals surface area contributed by atoms with Crippen LogP contribution in [0.3, 0.4) is 0 Å². The summed E-state index contributed by atoms with van der Waals surface area (Å²) in [6.07, 6.45) is 3.21. The highest BCUT2D eigenvalue weighted by molar-refractivity contribution is 5.07. The fourth-order valence-electron chi connectivity index (χ4n) is 3.36. The van der Waals surface area contributed by atoms with Crippen LogP contribution in [-0.2, 0) is 0 Å². The average molecular weight is 232 g/mol. The van der Waals surface area contributed by atoms with Crippen LogP contribution in [0.5, 0.6) is 0 Å². The molecule has 2 fully saturated rings. The van der Waals surface area contributed by atoms with E-state index in [1.54, 1.807) is 0 Å². The number of nitrogens with two attached hydrogens (primary N) is 1. The van der Waals surface area contributed by atoms with Gasteiger partial charge in [-0.1, -0.05) is 6.92 Å². The maximum Gasteiger partial charge on any atom is 0.248 e. The maximum atomic E-state index is 13.2. The summed E-state index contributed by atoms with van der Waals surface area (Å²) in [6, 6.07) is 0.0927. The van der Waals surface area contributed by atoms with Gasteiger partial charge in [-0.15, -0.1) is 0 Å². The highest BCUT2D eigenvalue weighted by atomic mass is 19.3. The summed E-state index contributed by atoms with van der Waals surface area (Å²) in [7, 11) is 0. The van der Waals surface area contributed by atoms with Crippen LogP contribution in [0.25, 0.3) is 0 Å². The first kappa shape index (κ1) is 12.2. The fourth-order valence-corrected chi connectivity index (χ4v) is 3.36. The summed E-state index contributed by atoms with van der Waals surface area (Å²) < 4.78 is 26.4. The number of nitrogens with zero attached hydrogens (tertiary/aromatic N) is 1. The zero-order valence-corrected chi connectivity index (χ0v) is 10.0. The molecule has 0 aromatic carbocycles. The molecule has 1 saturated carbocycles. The summed E-state index contributed by atoms with van der Waals surface area (Å²) in [5.74, 6) is -2.45. The standard InChI is InChI=1S/C12H22F2N2/c1-2-8-16-9-3-10(15)11(16)4-6-12(13,14)7-5-11/h10H,2-9,15H2,1H3. The van der Waals surface area contributed by atoms with E-state index in [-0.39, 0.29) is 24.4 Å². The summed E-state index contributed by atoms with van der Waals surface area (Å²) in [4.78, 5) is 2.37. The van der Waals surface area contributed by atoms with Gasteiger partial charge >= 0.3 is 0 Å². The van der Waals surface area contributed by atoms with Crippen molar-refractivity contribution in [2.75, 3.05) is 13.1 Å². The zero-order chi connectivity index (χ0) is 11.8. The molecular weight excluding hydrogens is 210 g/mol. The normalized spacial score (nSPS) is 33.4. The summed E-state index contributed by atoms with van der Waals surface area (Å²) in [6.45, 7) is 4.12. The average Bonchev–Trinajstić information content (AvgIpc) is 2.52. The Hall–Kier alpha value is -0.220. The lowest BCUT2D eigenvalue weighted by Crippen LogP contribution is -2.57. The second-order valence-electron chi connectivity index (χ2n) is 5.34. The van der Waals surface area contributed by atoms with Crippen molar-refractivity contribution in [1.82, 2.24) is 4.90 Å². The Balaban J connectivity index is 2.10. The van der Waals surface area contributed by atoms with Crippen LogP contribution in [0.15, 0.2) is 0 Å². The maximum absolute atomic E-state index is 13.2. The van der Waals surface area contributed by atoms with E-state index in [0.29, 0.717) is 12.8 Å². The Morgan fingerprint density at radius 3 is 2.44 bits per heavy atom. The van der Waals surface area contributed by atoms with E-state index < -0.39 is 5.92 Å². The van der Waals surface area contributed by atoms with Crippen molar-refractivity contribution < 1.29 is 8.78 Å². The first-order chi connectivity index (χ1) is 7.50. The largest absolute Gasteiger partial charge is 0.326 e. The van der Waals surface area contributed by atoms with Crippen molar-refractivity contribution in [2.45, 2.75) is 63.0 Å². The Morgan fingerprint density at radius 2 is 1.88 bits per heavy atom. The minimum atomic E-state index is -2.45. The van der Waals surface area contributed by atoms with Crippen LogP contribution in [0.1, 0.15) is 45.4 Å². The van der Waals surface area contributed by atoms with E-state index in [4.69, 9.17) is 5.73 Å². The molecule has 0 radical (unpaired) electrons. The van der Waals surface area contributed by atoms with E-state index in [1.807, 2.05) is 0 Å². The molecule has 1 saturated heterocycles. The Morgan fingerprint density at radius 1 is 1.25 bits per heavy atom. The van der Waals surface area contributed by atoms with E-state index >= 15 is 0 Å². The van der Waals surface area contributed by atoms with E-state index in [2.05, 4.69) is 11.8 Å². The number of hydrogen-bond acceptors (Lipinski definition) is 2. The Bertz CT molecular complexity index is 243. The van der Waals surface area contributed by atoms with Gasteiger partial charge in [0.1, 0.15) is 0 Å². The number of alkyl halides is 2. The van der Waals surface area contributed by atoms with E-state index in [1.165, 1.54) is 0 Å². The SMILES string of the molecule is CCCN1CCC(N)C12CCC(F)(F)CC2. The third kappa shape index (κ3) is 1.97. The highest BCUT2D eigenvalue weighted by Gasteiger charge is 2.52. The van der Waals surface area contributed by atoms with Gasteiger partial charge in [0, 0.05) is 31.0 Å². The van der Waals surface area contributed by atoms with Crippen molar-refractivity contribution in [3.05, 3.63) is 0 Å². The van der Waals surface area contributed by atoms with Gasteiger partial charge in [-0.25, -0.2) is 8.78 Å². The van der Waals surface area contributed by atoms with Crippen molar-refractivity contribution in [1.29, 1.82) is 0 Å². The van der Waals surface area contributed by atoms with Gasteiger partial charge in [0.25, 0.3) is 0 Å². The number of halogens is 2. The predicted octanol–water partition coefficient (Wildman–Crippen LogP) is 2.38. The van der Waals surface area contributed by atoms with Gasteiger partial charge < -0.3 is 5.73 Å². The Labute approximate surface area is 96.2 Å². The van der Waals surface area contributed by atoms with E-state index in [9.17, 15) is 8.78 Å². The van der Waals surface area contributed by atoms with Gasteiger partial charge in [-0.3, -0.25) is 4.90 Å². The lowest BCUT2D eigenvalue weighted by molar-refractivity contribution is -0.0762. The molecule has 94 valence electrons. The Kier molecular flexibility index (Phi) is 3.23. The molecule has 2 N–H and O–H groups in total. The van der Waals surface area contributed by atoms with Crippen LogP contribution < -0.4 is 5.73 Å². The molecule has 1 spiro atoms.